The van der Waals surface area contributed by atoms with Gasteiger partial charge in [0.15, 0.2) is 0 Å². The van der Waals surface area contributed by atoms with Crippen molar-refractivity contribution in [1.82, 2.24) is 14.5 Å². The number of rotatable bonds is 9. The van der Waals surface area contributed by atoms with Crippen LogP contribution in [0.2, 0.25) is 0 Å². The second-order valence-corrected chi connectivity index (χ2v) is 9.20. The Kier molecular flexibility index (Phi) is 8.20. The van der Waals surface area contributed by atoms with E-state index in [1.807, 2.05) is 44.2 Å². The van der Waals surface area contributed by atoms with E-state index in [2.05, 4.69) is 9.62 Å². The number of ether oxygens (including phenoxy) is 1. The molecule has 1 heterocycles. The standard InChI is InChI=1S/C23H31N3O4S/c1-3-25(4-2)23(27)20-10-12-21(13-11-20)31(28,29)24-18-22(19-8-6-5-7-9-19)26-14-16-30-17-15-26/h5-13,22,24H,3-4,14-18H2,1-2H3. The highest BCUT2D eigenvalue weighted by Gasteiger charge is 2.25. The fourth-order valence-corrected chi connectivity index (χ4v) is 4.80. The van der Waals surface area contributed by atoms with Gasteiger partial charge in [-0.3, -0.25) is 9.69 Å². The molecule has 0 saturated carbocycles. The molecule has 1 amide bonds. The lowest BCUT2D eigenvalue weighted by molar-refractivity contribution is 0.0172. The van der Waals surface area contributed by atoms with Crippen molar-refractivity contribution < 1.29 is 17.9 Å². The molecule has 7 nitrogen and oxygen atoms in total. The van der Waals surface area contributed by atoms with Crippen LogP contribution in [0.1, 0.15) is 35.8 Å². The first-order chi connectivity index (χ1) is 15.0. The molecule has 8 heteroatoms. The summed E-state index contributed by atoms with van der Waals surface area (Å²) >= 11 is 0. The number of sulfonamides is 1. The Morgan fingerprint density at radius 3 is 2.23 bits per heavy atom. The Balaban J connectivity index is 1.73. The highest BCUT2D eigenvalue weighted by atomic mass is 32.2. The minimum Gasteiger partial charge on any atom is -0.379 e. The van der Waals surface area contributed by atoms with Crippen molar-refractivity contribution in [3.63, 3.8) is 0 Å². The average Bonchev–Trinajstić information content (AvgIpc) is 2.81. The summed E-state index contributed by atoms with van der Waals surface area (Å²) in [4.78, 5) is 16.6. The molecule has 1 N–H and O–H groups in total. The van der Waals surface area contributed by atoms with Crippen molar-refractivity contribution in [1.29, 1.82) is 0 Å². The van der Waals surface area contributed by atoms with Crippen LogP contribution in [0.4, 0.5) is 0 Å². The van der Waals surface area contributed by atoms with Crippen LogP contribution >= 0.6 is 0 Å². The molecule has 31 heavy (non-hydrogen) atoms. The van der Waals surface area contributed by atoms with Crippen LogP contribution in [0.3, 0.4) is 0 Å². The first-order valence-corrected chi connectivity index (χ1v) is 12.2. The third-order valence-electron chi connectivity index (χ3n) is 5.60. The van der Waals surface area contributed by atoms with Crippen LogP contribution in [0.5, 0.6) is 0 Å². The Bertz CT molecular complexity index is 939. The van der Waals surface area contributed by atoms with Gasteiger partial charge in [-0.1, -0.05) is 30.3 Å². The molecule has 2 aromatic carbocycles. The lowest BCUT2D eigenvalue weighted by Gasteiger charge is -2.34. The average molecular weight is 446 g/mol. The maximum absolute atomic E-state index is 12.9. The second kappa shape index (κ2) is 10.9. The van der Waals surface area contributed by atoms with Crippen molar-refractivity contribution in [2.45, 2.75) is 24.8 Å². The number of carbonyl (C=O) groups excluding carboxylic acids is 1. The molecule has 1 unspecified atom stereocenters. The van der Waals surface area contributed by atoms with E-state index >= 15 is 0 Å². The summed E-state index contributed by atoms with van der Waals surface area (Å²) in [7, 11) is -3.71. The van der Waals surface area contributed by atoms with Gasteiger partial charge < -0.3 is 9.64 Å². The van der Waals surface area contributed by atoms with Gasteiger partial charge in [0.25, 0.3) is 5.91 Å². The Labute approximate surface area is 185 Å². The smallest absolute Gasteiger partial charge is 0.253 e. The van der Waals surface area contributed by atoms with Crippen molar-refractivity contribution in [3.8, 4) is 0 Å². The van der Waals surface area contributed by atoms with E-state index in [9.17, 15) is 13.2 Å². The quantitative estimate of drug-likeness (QED) is 0.642. The van der Waals surface area contributed by atoms with Gasteiger partial charge in [0.05, 0.1) is 18.1 Å². The number of benzene rings is 2. The van der Waals surface area contributed by atoms with Crippen molar-refractivity contribution in [3.05, 3.63) is 65.7 Å². The van der Waals surface area contributed by atoms with Crippen LogP contribution in [-0.2, 0) is 14.8 Å². The highest BCUT2D eigenvalue weighted by molar-refractivity contribution is 7.89. The molecule has 2 aromatic rings. The summed E-state index contributed by atoms with van der Waals surface area (Å²) in [5.74, 6) is -0.0987. The summed E-state index contributed by atoms with van der Waals surface area (Å²) in [5.41, 5.74) is 1.55. The summed E-state index contributed by atoms with van der Waals surface area (Å²) in [6.07, 6.45) is 0. The zero-order chi connectivity index (χ0) is 22.3. The fourth-order valence-electron chi connectivity index (χ4n) is 3.76. The van der Waals surface area contributed by atoms with E-state index < -0.39 is 10.0 Å². The lowest BCUT2D eigenvalue weighted by atomic mass is 10.1. The van der Waals surface area contributed by atoms with Crippen LogP contribution in [0.15, 0.2) is 59.5 Å². The maximum Gasteiger partial charge on any atom is 0.253 e. The van der Waals surface area contributed by atoms with Crippen molar-refractivity contribution in [2.75, 3.05) is 45.9 Å². The molecule has 0 spiro atoms. The molecular formula is C23H31N3O4S. The van der Waals surface area contributed by atoms with Gasteiger partial charge in [-0.25, -0.2) is 13.1 Å². The van der Waals surface area contributed by atoms with Gasteiger partial charge in [-0.15, -0.1) is 0 Å². The van der Waals surface area contributed by atoms with E-state index in [-0.39, 0.29) is 23.4 Å². The topological polar surface area (TPSA) is 79.0 Å². The van der Waals surface area contributed by atoms with Gasteiger partial charge in [-0.2, -0.15) is 0 Å². The Morgan fingerprint density at radius 1 is 1.03 bits per heavy atom. The number of hydrogen-bond donors (Lipinski definition) is 1. The van der Waals surface area contributed by atoms with E-state index in [1.54, 1.807) is 17.0 Å². The predicted molar refractivity (Wildman–Crippen MR) is 120 cm³/mol. The molecule has 1 atom stereocenters. The molecule has 1 aliphatic rings. The van der Waals surface area contributed by atoms with Gasteiger partial charge in [0.2, 0.25) is 10.0 Å². The number of nitrogens with one attached hydrogen (secondary N) is 1. The molecule has 3 rings (SSSR count). The molecule has 0 bridgehead atoms. The van der Waals surface area contributed by atoms with Gasteiger partial charge in [0.1, 0.15) is 0 Å². The van der Waals surface area contributed by atoms with Crippen LogP contribution in [-0.4, -0.2) is 70.1 Å². The van der Waals surface area contributed by atoms with Gasteiger partial charge in [-0.05, 0) is 43.7 Å². The van der Waals surface area contributed by atoms with E-state index in [0.29, 0.717) is 31.9 Å². The summed E-state index contributed by atoms with van der Waals surface area (Å²) in [6, 6.07) is 16.0. The van der Waals surface area contributed by atoms with E-state index in [0.717, 1.165) is 18.7 Å². The number of carbonyl (C=O) groups is 1. The van der Waals surface area contributed by atoms with Crippen LogP contribution < -0.4 is 4.72 Å². The third-order valence-corrected chi connectivity index (χ3v) is 7.04. The molecule has 1 fully saturated rings. The minimum absolute atomic E-state index is 0.0802. The minimum atomic E-state index is -3.71. The number of amides is 1. The third kappa shape index (κ3) is 5.92. The largest absolute Gasteiger partial charge is 0.379 e. The van der Waals surface area contributed by atoms with Crippen LogP contribution in [0, 0.1) is 0 Å². The molecule has 1 saturated heterocycles. The lowest BCUT2D eigenvalue weighted by Crippen LogP contribution is -2.43. The summed E-state index contributed by atoms with van der Waals surface area (Å²) < 4.78 is 34.1. The molecule has 168 valence electrons. The fraction of sp³-hybridized carbons (Fsp3) is 0.435. The maximum atomic E-state index is 12.9. The highest BCUT2D eigenvalue weighted by Crippen LogP contribution is 2.22. The first-order valence-electron chi connectivity index (χ1n) is 10.7. The molecule has 0 aliphatic carbocycles. The zero-order valence-electron chi connectivity index (χ0n) is 18.2. The summed E-state index contributed by atoms with van der Waals surface area (Å²) in [6.45, 7) is 8.10. The zero-order valence-corrected chi connectivity index (χ0v) is 19.0. The number of nitrogens with zero attached hydrogens (tertiary/aromatic N) is 2. The normalized spacial score (nSPS) is 16.1. The predicted octanol–water partition coefficient (Wildman–Crippen LogP) is 2.52. The molecule has 1 aliphatic heterocycles. The number of hydrogen-bond acceptors (Lipinski definition) is 5. The van der Waals surface area contributed by atoms with Crippen LogP contribution in [0.25, 0.3) is 0 Å². The van der Waals surface area contributed by atoms with Gasteiger partial charge in [0, 0.05) is 44.3 Å². The number of morpholine rings is 1. The first kappa shape index (κ1) is 23.4. The Hall–Kier alpha value is -2.26. The van der Waals surface area contributed by atoms with E-state index in [4.69, 9.17) is 4.74 Å². The van der Waals surface area contributed by atoms with Crippen molar-refractivity contribution in [2.24, 2.45) is 0 Å². The van der Waals surface area contributed by atoms with Crippen molar-refractivity contribution >= 4 is 15.9 Å². The molecule has 0 aromatic heterocycles. The van der Waals surface area contributed by atoms with Gasteiger partial charge >= 0.3 is 0 Å². The monoisotopic (exact) mass is 445 g/mol. The second-order valence-electron chi connectivity index (χ2n) is 7.43. The Morgan fingerprint density at radius 2 is 1.65 bits per heavy atom. The summed E-state index contributed by atoms with van der Waals surface area (Å²) in [5, 5.41) is 0. The molecular weight excluding hydrogens is 414 g/mol. The molecule has 0 radical (unpaired) electrons. The van der Waals surface area contributed by atoms with E-state index in [1.165, 1.54) is 12.1 Å². The SMILES string of the molecule is CCN(CC)C(=O)c1ccc(S(=O)(=O)NCC(c2ccccc2)N2CCOCC2)cc1.